The van der Waals surface area contributed by atoms with Crippen molar-refractivity contribution in [3.8, 4) is 23.0 Å². The Kier molecular flexibility index (Phi) is 7.35. The number of fused-ring (bicyclic) bond motifs is 1. The number of amides is 1. The van der Waals surface area contributed by atoms with Crippen LogP contribution < -0.4 is 24.3 Å². The van der Waals surface area contributed by atoms with Gasteiger partial charge >= 0.3 is 0 Å². The van der Waals surface area contributed by atoms with Gasteiger partial charge in [-0.3, -0.25) is 4.79 Å². The molecule has 0 saturated carbocycles. The van der Waals surface area contributed by atoms with Crippen LogP contribution in [0.25, 0.3) is 11.0 Å². The average Bonchev–Trinajstić information content (AvgIpc) is 3.30. The van der Waals surface area contributed by atoms with Crippen LogP contribution in [0.15, 0.2) is 54.9 Å². The zero-order valence-corrected chi connectivity index (χ0v) is 20.2. The highest BCUT2D eigenvalue weighted by Crippen LogP contribution is 2.28. The molecule has 1 amide bonds. The van der Waals surface area contributed by atoms with Crippen LogP contribution in [0, 0.1) is 0 Å². The number of rotatable bonds is 10. The second kappa shape index (κ2) is 10.8. The van der Waals surface area contributed by atoms with E-state index in [9.17, 15) is 4.79 Å². The quantitative estimate of drug-likeness (QED) is 0.372. The van der Waals surface area contributed by atoms with Crippen LogP contribution in [0.4, 0.5) is 0 Å². The zero-order valence-electron chi connectivity index (χ0n) is 20.2. The van der Waals surface area contributed by atoms with Crippen molar-refractivity contribution >= 4 is 16.9 Å². The third-order valence-electron chi connectivity index (χ3n) is 5.53. The first-order chi connectivity index (χ1) is 17.1. The summed E-state index contributed by atoms with van der Waals surface area (Å²) in [4.78, 5) is 17.3. The molecule has 0 aliphatic carbocycles. The third-order valence-corrected chi connectivity index (χ3v) is 5.53. The molecule has 0 aliphatic rings. The fourth-order valence-corrected chi connectivity index (χ4v) is 3.74. The molecular formula is C26H28N4O5. The minimum atomic E-state index is -0.225. The summed E-state index contributed by atoms with van der Waals surface area (Å²) in [6, 6.07) is 13.0. The van der Waals surface area contributed by atoms with E-state index in [0.717, 1.165) is 16.5 Å². The lowest BCUT2D eigenvalue weighted by atomic mass is 10.1. The Morgan fingerprint density at radius 1 is 0.943 bits per heavy atom. The van der Waals surface area contributed by atoms with E-state index in [2.05, 4.69) is 15.4 Å². The van der Waals surface area contributed by atoms with Gasteiger partial charge in [-0.15, -0.1) is 0 Å². The molecule has 0 aliphatic heterocycles. The summed E-state index contributed by atoms with van der Waals surface area (Å²) in [7, 11) is 4.82. The van der Waals surface area contributed by atoms with E-state index in [-0.39, 0.29) is 5.91 Å². The predicted octanol–water partition coefficient (Wildman–Crippen LogP) is 3.83. The summed E-state index contributed by atoms with van der Waals surface area (Å²) < 4.78 is 23.4. The van der Waals surface area contributed by atoms with Crippen LogP contribution in [0.2, 0.25) is 0 Å². The number of pyridine rings is 1. The summed E-state index contributed by atoms with van der Waals surface area (Å²) in [5.74, 6) is 2.49. The number of carbonyl (C=O) groups excluding carboxylic acids is 1. The lowest BCUT2D eigenvalue weighted by Crippen LogP contribution is -2.23. The molecule has 0 atom stereocenters. The van der Waals surface area contributed by atoms with Gasteiger partial charge in [0.1, 0.15) is 11.5 Å². The van der Waals surface area contributed by atoms with Gasteiger partial charge in [0.2, 0.25) is 0 Å². The predicted molar refractivity (Wildman–Crippen MR) is 132 cm³/mol. The lowest BCUT2D eigenvalue weighted by molar-refractivity contribution is 0.0950. The minimum absolute atomic E-state index is 0.225. The van der Waals surface area contributed by atoms with Crippen LogP contribution in [0.1, 0.15) is 28.4 Å². The highest BCUT2D eigenvalue weighted by Gasteiger charge is 2.13. The molecule has 0 unspecified atom stereocenters. The number of aromatic nitrogens is 3. The number of nitrogens with one attached hydrogen (secondary N) is 1. The maximum Gasteiger partial charge on any atom is 0.253 e. The van der Waals surface area contributed by atoms with Crippen molar-refractivity contribution in [3.05, 3.63) is 71.5 Å². The van der Waals surface area contributed by atoms with Crippen LogP contribution in [-0.4, -0.2) is 48.6 Å². The first-order valence-electron chi connectivity index (χ1n) is 11.2. The normalized spacial score (nSPS) is 10.7. The molecule has 1 N–H and O–H groups in total. The number of carbonyl (C=O) groups is 1. The molecule has 182 valence electrons. The lowest BCUT2D eigenvalue weighted by Gasteiger charge is -2.12. The van der Waals surface area contributed by atoms with Crippen molar-refractivity contribution in [2.45, 2.75) is 20.0 Å². The smallest absolute Gasteiger partial charge is 0.253 e. The average molecular weight is 477 g/mol. The maximum absolute atomic E-state index is 12.8. The van der Waals surface area contributed by atoms with E-state index in [1.165, 1.54) is 0 Å². The molecule has 2 aromatic carbocycles. The van der Waals surface area contributed by atoms with Crippen molar-refractivity contribution in [2.24, 2.45) is 0 Å². The molecule has 0 spiro atoms. The van der Waals surface area contributed by atoms with Gasteiger partial charge < -0.3 is 24.3 Å². The number of hydrogen-bond donors (Lipinski definition) is 1. The van der Waals surface area contributed by atoms with Gasteiger partial charge in [0.15, 0.2) is 17.1 Å². The molecule has 9 heteroatoms. The van der Waals surface area contributed by atoms with E-state index in [1.807, 2.05) is 43.3 Å². The monoisotopic (exact) mass is 476 g/mol. The number of benzene rings is 2. The maximum atomic E-state index is 12.8. The van der Waals surface area contributed by atoms with Crippen molar-refractivity contribution in [1.29, 1.82) is 0 Å². The van der Waals surface area contributed by atoms with Gasteiger partial charge in [-0.05, 0) is 42.8 Å². The number of ether oxygens (including phenoxy) is 4. The Morgan fingerprint density at radius 3 is 2.51 bits per heavy atom. The van der Waals surface area contributed by atoms with Crippen LogP contribution in [-0.2, 0) is 13.1 Å². The Morgan fingerprint density at radius 2 is 1.77 bits per heavy atom. The summed E-state index contributed by atoms with van der Waals surface area (Å²) in [5.41, 5.74) is 2.97. The van der Waals surface area contributed by atoms with Crippen LogP contribution in [0.3, 0.4) is 0 Å². The second-order valence-electron chi connectivity index (χ2n) is 7.72. The van der Waals surface area contributed by atoms with Crippen LogP contribution in [0.5, 0.6) is 23.0 Å². The topological polar surface area (TPSA) is 96.7 Å². The molecule has 0 fully saturated rings. The minimum Gasteiger partial charge on any atom is -0.497 e. The highest BCUT2D eigenvalue weighted by atomic mass is 16.5. The standard InChI is InChI=1S/C26H28N4O5/c1-5-35-22-9-6-17(10-24(22)34-4)13-28-26(31)20-11-19-15-29-30(25(19)27-14-20)16-18-7-8-21(32-2)12-23(18)33-3/h6-12,14-15H,5,13,16H2,1-4H3,(H,28,31). The van der Waals surface area contributed by atoms with Gasteiger partial charge in [-0.25, -0.2) is 9.67 Å². The fraction of sp³-hybridized carbons (Fsp3) is 0.269. The number of methoxy groups -OCH3 is 3. The molecule has 9 nitrogen and oxygen atoms in total. The zero-order chi connectivity index (χ0) is 24.8. The highest BCUT2D eigenvalue weighted by molar-refractivity contribution is 5.96. The summed E-state index contributed by atoms with van der Waals surface area (Å²) in [6.07, 6.45) is 3.26. The summed E-state index contributed by atoms with van der Waals surface area (Å²) >= 11 is 0. The molecule has 0 radical (unpaired) electrons. The SMILES string of the molecule is CCOc1ccc(CNC(=O)c2cnc3c(cnn3Cc3ccc(OC)cc3OC)c2)cc1OC. The summed E-state index contributed by atoms with van der Waals surface area (Å²) in [5, 5.41) is 8.15. The Labute approximate surface area is 203 Å². The molecule has 4 aromatic rings. The van der Waals surface area contributed by atoms with Gasteiger partial charge in [-0.2, -0.15) is 5.10 Å². The van der Waals surface area contributed by atoms with E-state index in [4.69, 9.17) is 18.9 Å². The van der Waals surface area contributed by atoms with Gasteiger partial charge in [0, 0.05) is 29.8 Å². The van der Waals surface area contributed by atoms with E-state index < -0.39 is 0 Å². The van der Waals surface area contributed by atoms with E-state index in [1.54, 1.807) is 44.5 Å². The van der Waals surface area contributed by atoms with Crippen molar-refractivity contribution in [2.75, 3.05) is 27.9 Å². The Bertz CT molecular complexity index is 1330. The number of nitrogens with zero attached hydrogens (tertiary/aromatic N) is 3. The largest absolute Gasteiger partial charge is 0.497 e. The summed E-state index contributed by atoms with van der Waals surface area (Å²) in [6.45, 7) is 3.27. The number of hydrogen-bond acceptors (Lipinski definition) is 7. The first-order valence-corrected chi connectivity index (χ1v) is 11.2. The van der Waals surface area contributed by atoms with Gasteiger partial charge in [-0.1, -0.05) is 6.07 Å². The molecule has 4 rings (SSSR count). The molecule has 2 aromatic heterocycles. The van der Waals surface area contributed by atoms with E-state index in [0.29, 0.717) is 53.9 Å². The first kappa shape index (κ1) is 23.9. The third kappa shape index (κ3) is 5.29. The van der Waals surface area contributed by atoms with Gasteiger partial charge in [0.25, 0.3) is 5.91 Å². The van der Waals surface area contributed by atoms with Crippen LogP contribution >= 0.6 is 0 Å². The fourth-order valence-electron chi connectivity index (χ4n) is 3.74. The molecule has 0 saturated heterocycles. The molecule has 2 heterocycles. The van der Waals surface area contributed by atoms with Crippen molar-refractivity contribution in [3.63, 3.8) is 0 Å². The molecule has 35 heavy (non-hydrogen) atoms. The second-order valence-corrected chi connectivity index (χ2v) is 7.72. The van der Waals surface area contributed by atoms with Gasteiger partial charge in [0.05, 0.1) is 46.2 Å². The molecular weight excluding hydrogens is 448 g/mol. The molecule has 0 bridgehead atoms. The van der Waals surface area contributed by atoms with E-state index >= 15 is 0 Å². The van der Waals surface area contributed by atoms with Crippen molar-refractivity contribution in [1.82, 2.24) is 20.1 Å². The Balaban J connectivity index is 1.47. The Hall–Kier alpha value is -4.27. The van der Waals surface area contributed by atoms with Crippen molar-refractivity contribution < 1.29 is 23.7 Å².